The van der Waals surface area contributed by atoms with Crippen LogP contribution in [0.1, 0.15) is 0 Å². The van der Waals surface area contributed by atoms with Gasteiger partial charge in [-0.05, 0) is 12.1 Å². The summed E-state index contributed by atoms with van der Waals surface area (Å²) in [7, 11) is 1.61. The van der Waals surface area contributed by atoms with E-state index in [0.717, 1.165) is 5.56 Å². The van der Waals surface area contributed by atoms with Crippen LogP contribution in [0.2, 0.25) is 5.02 Å². The van der Waals surface area contributed by atoms with Crippen molar-refractivity contribution in [3.05, 3.63) is 47.7 Å². The lowest BCUT2D eigenvalue weighted by molar-refractivity contribution is 0.183. The van der Waals surface area contributed by atoms with Crippen LogP contribution >= 0.6 is 11.6 Å². The third-order valence-corrected chi connectivity index (χ3v) is 4.10. The lowest BCUT2D eigenvalue weighted by Gasteiger charge is -2.08. The second-order valence-electron chi connectivity index (χ2n) is 5.94. The maximum atomic E-state index is 12.4. The molecule has 2 amide bonds. The van der Waals surface area contributed by atoms with Crippen molar-refractivity contribution in [2.75, 3.05) is 31.0 Å². The van der Waals surface area contributed by atoms with Gasteiger partial charge in [0.15, 0.2) is 0 Å². The number of anilines is 2. The number of benzene rings is 1. The number of halogens is 1. The standard InChI is InChI=1S/C18H21ClN6O3/c1-28-8-6-24-12-15(11-20-24)21-18(27)22-17-10-16(23-25(17)5-7-26)13-3-2-4-14(19)9-13/h2-4,9-12,26H,5-8H2,1H3,(H2,21,22,27). The first-order valence-corrected chi connectivity index (χ1v) is 9.01. The number of amides is 2. The summed E-state index contributed by atoms with van der Waals surface area (Å²) in [4.78, 5) is 12.4. The van der Waals surface area contributed by atoms with Crippen molar-refractivity contribution in [2.24, 2.45) is 0 Å². The minimum Gasteiger partial charge on any atom is -0.394 e. The minimum absolute atomic E-state index is 0.112. The molecule has 0 spiro atoms. The summed E-state index contributed by atoms with van der Waals surface area (Å²) in [6.45, 7) is 1.25. The molecule has 0 atom stereocenters. The number of hydrogen-bond acceptors (Lipinski definition) is 5. The van der Waals surface area contributed by atoms with Gasteiger partial charge >= 0.3 is 6.03 Å². The number of urea groups is 1. The zero-order valence-electron chi connectivity index (χ0n) is 15.3. The van der Waals surface area contributed by atoms with Gasteiger partial charge < -0.3 is 15.2 Å². The van der Waals surface area contributed by atoms with Crippen LogP contribution in [0, 0.1) is 0 Å². The Labute approximate surface area is 166 Å². The van der Waals surface area contributed by atoms with Crippen molar-refractivity contribution in [3.8, 4) is 11.3 Å². The van der Waals surface area contributed by atoms with Gasteiger partial charge in [0, 0.05) is 30.0 Å². The zero-order chi connectivity index (χ0) is 19.9. The van der Waals surface area contributed by atoms with E-state index in [0.29, 0.717) is 35.4 Å². The van der Waals surface area contributed by atoms with E-state index in [-0.39, 0.29) is 13.2 Å². The molecular formula is C18H21ClN6O3. The molecule has 3 rings (SSSR count). The van der Waals surface area contributed by atoms with Gasteiger partial charge in [0.05, 0.1) is 43.9 Å². The molecule has 0 saturated carbocycles. The molecule has 0 aliphatic carbocycles. The highest BCUT2D eigenvalue weighted by Gasteiger charge is 2.13. The van der Waals surface area contributed by atoms with Gasteiger partial charge in [-0.15, -0.1) is 0 Å². The summed E-state index contributed by atoms with van der Waals surface area (Å²) in [6, 6.07) is 8.53. The molecule has 3 aromatic rings. The normalized spacial score (nSPS) is 10.8. The molecule has 10 heteroatoms. The third kappa shape index (κ3) is 5.10. The molecule has 0 fully saturated rings. The van der Waals surface area contributed by atoms with E-state index >= 15 is 0 Å². The first-order valence-electron chi connectivity index (χ1n) is 8.63. The van der Waals surface area contributed by atoms with Crippen LogP contribution in [-0.4, -0.2) is 51.0 Å². The molecule has 2 aromatic heterocycles. The average Bonchev–Trinajstić information content (AvgIpc) is 3.27. The Kier molecular flexibility index (Phi) is 6.64. The van der Waals surface area contributed by atoms with Gasteiger partial charge in [0.2, 0.25) is 0 Å². The van der Waals surface area contributed by atoms with Crippen LogP contribution < -0.4 is 10.6 Å². The molecule has 0 radical (unpaired) electrons. The number of hydrogen-bond donors (Lipinski definition) is 3. The van der Waals surface area contributed by atoms with Crippen LogP contribution in [0.25, 0.3) is 11.3 Å². The Morgan fingerprint density at radius 1 is 1.29 bits per heavy atom. The van der Waals surface area contributed by atoms with E-state index in [4.69, 9.17) is 16.3 Å². The van der Waals surface area contributed by atoms with Crippen LogP contribution in [0.4, 0.5) is 16.3 Å². The molecule has 0 saturated heterocycles. The number of aliphatic hydroxyl groups excluding tert-OH is 1. The molecule has 0 bridgehead atoms. The number of aliphatic hydroxyl groups is 1. The quantitative estimate of drug-likeness (QED) is 0.535. The van der Waals surface area contributed by atoms with E-state index in [1.54, 1.807) is 42.4 Å². The Morgan fingerprint density at radius 3 is 2.89 bits per heavy atom. The number of nitrogens with zero attached hydrogens (tertiary/aromatic N) is 4. The maximum absolute atomic E-state index is 12.4. The fourth-order valence-electron chi connectivity index (χ4n) is 2.59. The Morgan fingerprint density at radius 2 is 2.14 bits per heavy atom. The Hall–Kier alpha value is -2.88. The van der Waals surface area contributed by atoms with Crippen LogP contribution in [-0.2, 0) is 17.8 Å². The van der Waals surface area contributed by atoms with Gasteiger partial charge in [0.1, 0.15) is 5.82 Å². The number of carbonyl (C=O) groups is 1. The summed E-state index contributed by atoms with van der Waals surface area (Å²) in [5.41, 5.74) is 2.00. The molecule has 2 heterocycles. The molecule has 9 nitrogen and oxygen atoms in total. The number of aromatic nitrogens is 4. The van der Waals surface area contributed by atoms with Crippen LogP contribution in [0.5, 0.6) is 0 Å². The van der Waals surface area contributed by atoms with Crippen LogP contribution in [0.15, 0.2) is 42.7 Å². The Bertz CT molecular complexity index is 939. The van der Waals surface area contributed by atoms with Crippen molar-refractivity contribution < 1.29 is 14.6 Å². The monoisotopic (exact) mass is 404 g/mol. The number of rotatable bonds is 8. The number of nitrogens with one attached hydrogen (secondary N) is 2. The number of ether oxygens (including phenoxy) is 1. The maximum Gasteiger partial charge on any atom is 0.324 e. The van der Waals surface area contributed by atoms with E-state index in [1.807, 2.05) is 12.1 Å². The second kappa shape index (κ2) is 9.36. The predicted molar refractivity (Wildman–Crippen MR) is 107 cm³/mol. The lowest BCUT2D eigenvalue weighted by Crippen LogP contribution is -2.22. The first-order chi connectivity index (χ1) is 13.6. The van der Waals surface area contributed by atoms with Crippen molar-refractivity contribution in [2.45, 2.75) is 13.1 Å². The summed E-state index contributed by atoms with van der Waals surface area (Å²) < 4.78 is 8.20. The van der Waals surface area contributed by atoms with Gasteiger partial charge in [-0.3, -0.25) is 10.00 Å². The molecular weight excluding hydrogens is 384 g/mol. The highest BCUT2D eigenvalue weighted by Crippen LogP contribution is 2.24. The second-order valence-corrected chi connectivity index (χ2v) is 6.37. The highest BCUT2D eigenvalue weighted by atomic mass is 35.5. The van der Waals surface area contributed by atoms with Gasteiger partial charge in [-0.2, -0.15) is 10.2 Å². The topological polar surface area (TPSA) is 106 Å². The largest absolute Gasteiger partial charge is 0.394 e. The first kappa shape index (κ1) is 19.9. The molecule has 3 N–H and O–H groups in total. The number of methoxy groups -OCH3 is 1. The molecule has 28 heavy (non-hydrogen) atoms. The molecule has 1 aromatic carbocycles. The predicted octanol–water partition coefficient (Wildman–Crippen LogP) is 2.68. The zero-order valence-corrected chi connectivity index (χ0v) is 16.1. The van der Waals surface area contributed by atoms with E-state index in [9.17, 15) is 9.90 Å². The van der Waals surface area contributed by atoms with Gasteiger partial charge in [-0.25, -0.2) is 9.48 Å². The highest BCUT2D eigenvalue weighted by molar-refractivity contribution is 6.30. The SMILES string of the molecule is COCCn1cc(NC(=O)Nc2cc(-c3cccc(Cl)c3)nn2CCO)cn1. The lowest BCUT2D eigenvalue weighted by atomic mass is 10.1. The molecule has 0 aliphatic rings. The fourth-order valence-corrected chi connectivity index (χ4v) is 2.78. The van der Waals surface area contributed by atoms with Gasteiger partial charge in [0.25, 0.3) is 0 Å². The summed E-state index contributed by atoms with van der Waals surface area (Å²) >= 11 is 6.04. The van der Waals surface area contributed by atoms with Crippen LogP contribution in [0.3, 0.4) is 0 Å². The fraction of sp³-hybridized carbons (Fsp3) is 0.278. The Balaban J connectivity index is 1.71. The smallest absolute Gasteiger partial charge is 0.324 e. The molecule has 0 aliphatic heterocycles. The molecule has 0 unspecified atom stereocenters. The van der Waals surface area contributed by atoms with E-state index in [2.05, 4.69) is 20.8 Å². The van der Waals surface area contributed by atoms with Crippen molar-refractivity contribution >= 4 is 29.1 Å². The summed E-state index contributed by atoms with van der Waals surface area (Å²) in [6.07, 6.45) is 3.26. The van der Waals surface area contributed by atoms with Gasteiger partial charge in [-0.1, -0.05) is 23.7 Å². The average molecular weight is 405 g/mol. The van der Waals surface area contributed by atoms with E-state index < -0.39 is 6.03 Å². The van der Waals surface area contributed by atoms with E-state index in [1.165, 1.54) is 4.68 Å². The van der Waals surface area contributed by atoms with Crippen molar-refractivity contribution in [1.82, 2.24) is 19.6 Å². The van der Waals surface area contributed by atoms with Crippen molar-refractivity contribution in [3.63, 3.8) is 0 Å². The summed E-state index contributed by atoms with van der Waals surface area (Å²) in [5, 5.41) is 23.9. The third-order valence-electron chi connectivity index (χ3n) is 3.87. The van der Waals surface area contributed by atoms with Crippen molar-refractivity contribution in [1.29, 1.82) is 0 Å². The minimum atomic E-state index is -0.442. The molecule has 148 valence electrons. The number of carbonyl (C=O) groups excluding carboxylic acids is 1. The summed E-state index contributed by atoms with van der Waals surface area (Å²) in [5.74, 6) is 0.452.